The standard InChI is InChI=1S/C17H22BFO4/c1-6-21-14(20)11-10-12-8-7-9-13(19)15(12)18-22-16(2,3)17(4,5)23-18/h7-11H,6H2,1-5H3/b11-10+. The maximum Gasteiger partial charge on any atom is 0.498 e. The second-order valence-corrected chi connectivity index (χ2v) is 6.42. The van der Waals surface area contributed by atoms with E-state index >= 15 is 0 Å². The van der Waals surface area contributed by atoms with E-state index in [1.54, 1.807) is 19.1 Å². The maximum absolute atomic E-state index is 14.4. The van der Waals surface area contributed by atoms with Gasteiger partial charge in [-0.1, -0.05) is 12.1 Å². The molecule has 0 unspecified atom stereocenters. The molecule has 1 aromatic rings. The highest BCUT2D eigenvalue weighted by molar-refractivity contribution is 6.63. The Balaban J connectivity index is 2.35. The smallest absolute Gasteiger partial charge is 0.463 e. The van der Waals surface area contributed by atoms with Gasteiger partial charge in [-0.25, -0.2) is 9.18 Å². The number of hydrogen-bond donors (Lipinski definition) is 0. The minimum atomic E-state index is -0.831. The lowest BCUT2D eigenvalue weighted by Crippen LogP contribution is -2.41. The van der Waals surface area contributed by atoms with Crippen LogP contribution in [0, 0.1) is 5.82 Å². The quantitative estimate of drug-likeness (QED) is 0.486. The number of halogens is 1. The fraction of sp³-hybridized carbons (Fsp3) is 0.471. The largest absolute Gasteiger partial charge is 0.498 e. The van der Waals surface area contributed by atoms with Crippen molar-refractivity contribution >= 4 is 24.6 Å². The first-order chi connectivity index (χ1) is 10.7. The van der Waals surface area contributed by atoms with E-state index in [1.165, 1.54) is 18.2 Å². The topological polar surface area (TPSA) is 44.8 Å². The van der Waals surface area contributed by atoms with E-state index in [0.29, 0.717) is 5.56 Å². The van der Waals surface area contributed by atoms with Gasteiger partial charge in [-0.05, 0) is 52.3 Å². The third-order valence-corrected chi connectivity index (χ3v) is 4.26. The van der Waals surface area contributed by atoms with E-state index < -0.39 is 30.1 Å². The van der Waals surface area contributed by atoms with Gasteiger partial charge >= 0.3 is 13.1 Å². The van der Waals surface area contributed by atoms with Gasteiger partial charge in [0.05, 0.1) is 17.8 Å². The summed E-state index contributed by atoms with van der Waals surface area (Å²) in [7, 11) is -0.831. The normalized spacial score (nSPS) is 19.3. The maximum atomic E-state index is 14.4. The van der Waals surface area contributed by atoms with E-state index in [2.05, 4.69) is 0 Å². The molecule has 0 bridgehead atoms. The number of hydrogen-bond acceptors (Lipinski definition) is 4. The molecular formula is C17H22BFO4. The Hall–Kier alpha value is -1.66. The van der Waals surface area contributed by atoms with Crippen molar-refractivity contribution in [2.75, 3.05) is 6.61 Å². The summed E-state index contributed by atoms with van der Waals surface area (Å²) in [6, 6.07) is 4.64. The molecule has 0 radical (unpaired) electrons. The van der Waals surface area contributed by atoms with Crippen molar-refractivity contribution in [1.82, 2.24) is 0 Å². The third-order valence-electron chi connectivity index (χ3n) is 4.26. The van der Waals surface area contributed by atoms with E-state index in [1.807, 2.05) is 27.7 Å². The lowest BCUT2D eigenvalue weighted by atomic mass is 9.75. The Morgan fingerprint density at radius 3 is 2.43 bits per heavy atom. The average Bonchev–Trinajstić information content (AvgIpc) is 2.65. The van der Waals surface area contributed by atoms with Crippen LogP contribution < -0.4 is 5.46 Å². The predicted molar refractivity (Wildman–Crippen MR) is 87.8 cm³/mol. The molecule has 0 aliphatic carbocycles. The molecule has 1 aromatic carbocycles. The summed E-state index contributed by atoms with van der Waals surface area (Å²) < 4.78 is 31.0. The molecule has 0 spiro atoms. The zero-order valence-corrected chi connectivity index (χ0v) is 14.2. The molecule has 1 aliphatic heterocycles. The molecule has 0 amide bonds. The SMILES string of the molecule is CCOC(=O)/C=C/c1cccc(F)c1B1OC(C)(C)C(C)(C)O1. The lowest BCUT2D eigenvalue weighted by molar-refractivity contribution is -0.137. The van der Waals surface area contributed by atoms with Crippen LogP contribution >= 0.6 is 0 Å². The highest BCUT2D eigenvalue weighted by atomic mass is 19.1. The van der Waals surface area contributed by atoms with Crippen LogP contribution in [-0.4, -0.2) is 30.9 Å². The second-order valence-electron chi connectivity index (χ2n) is 6.42. The summed E-state index contributed by atoms with van der Waals surface area (Å²) in [5, 5.41) is 0. The van der Waals surface area contributed by atoms with Crippen molar-refractivity contribution in [2.24, 2.45) is 0 Å². The van der Waals surface area contributed by atoms with Gasteiger partial charge in [0.25, 0.3) is 0 Å². The summed E-state index contributed by atoms with van der Waals surface area (Å²) in [5.41, 5.74) is -0.326. The van der Waals surface area contributed by atoms with Crippen molar-refractivity contribution in [1.29, 1.82) is 0 Å². The van der Waals surface area contributed by atoms with Gasteiger partial charge in [0, 0.05) is 11.5 Å². The highest BCUT2D eigenvalue weighted by Gasteiger charge is 2.52. The first-order valence-electron chi connectivity index (χ1n) is 7.67. The summed E-state index contributed by atoms with van der Waals surface area (Å²) >= 11 is 0. The van der Waals surface area contributed by atoms with Gasteiger partial charge in [-0.15, -0.1) is 0 Å². The van der Waals surface area contributed by atoms with Crippen LogP contribution in [0.3, 0.4) is 0 Å². The van der Waals surface area contributed by atoms with Crippen molar-refractivity contribution in [3.63, 3.8) is 0 Å². The first-order valence-corrected chi connectivity index (χ1v) is 7.67. The van der Waals surface area contributed by atoms with Gasteiger partial charge in [-0.3, -0.25) is 0 Å². The van der Waals surface area contributed by atoms with Crippen molar-refractivity contribution in [2.45, 2.75) is 45.8 Å². The van der Waals surface area contributed by atoms with Crippen molar-refractivity contribution < 1.29 is 23.2 Å². The summed E-state index contributed by atoms with van der Waals surface area (Å²) in [6.45, 7) is 9.63. The van der Waals surface area contributed by atoms with Crippen LogP contribution in [-0.2, 0) is 18.8 Å². The third kappa shape index (κ3) is 3.64. The molecule has 1 fully saturated rings. The van der Waals surface area contributed by atoms with Gasteiger partial charge in [-0.2, -0.15) is 0 Å². The molecule has 0 saturated carbocycles. The van der Waals surface area contributed by atoms with E-state index in [-0.39, 0.29) is 12.1 Å². The van der Waals surface area contributed by atoms with Crippen LogP contribution in [0.5, 0.6) is 0 Å². The molecule has 1 saturated heterocycles. The minimum Gasteiger partial charge on any atom is -0.463 e. The summed E-state index contributed by atoms with van der Waals surface area (Å²) in [5.74, 6) is -0.911. The zero-order valence-electron chi connectivity index (χ0n) is 14.2. The molecule has 1 aliphatic rings. The zero-order chi connectivity index (χ0) is 17.3. The van der Waals surface area contributed by atoms with Crippen molar-refractivity contribution in [3.05, 3.63) is 35.7 Å². The Morgan fingerprint density at radius 2 is 1.87 bits per heavy atom. The Labute approximate surface area is 136 Å². The molecule has 0 aromatic heterocycles. The number of carbonyl (C=O) groups is 1. The summed E-state index contributed by atoms with van der Waals surface area (Å²) in [6.07, 6.45) is 2.79. The van der Waals surface area contributed by atoms with Gasteiger partial charge < -0.3 is 14.0 Å². The van der Waals surface area contributed by atoms with Crippen LogP contribution in [0.2, 0.25) is 0 Å². The molecular weight excluding hydrogens is 298 g/mol. The molecule has 2 rings (SSSR count). The molecule has 124 valence electrons. The second kappa shape index (κ2) is 6.45. The Bertz CT molecular complexity index is 609. The van der Waals surface area contributed by atoms with Gasteiger partial charge in [0.2, 0.25) is 0 Å². The lowest BCUT2D eigenvalue weighted by Gasteiger charge is -2.32. The fourth-order valence-corrected chi connectivity index (χ4v) is 2.26. The van der Waals surface area contributed by atoms with Gasteiger partial charge in [0.1, 0.15) is 5.82 Å². The Kier molecular flexibility index (Phi) is 4.97. The average molecular weight is 320 g/mol. The van der Waals surface area contributed by atoms with Crippen LogP contribution in [0.25, 0.3) is 6.08 Å². The first kappa shape index (κ1) is 17.7. The monoisotopic (exact) mass is 320 g/mol. The number of ether oxygens (including phenoxy) is 1. The molecule has 0 atom stereocenters. The van der Waals surface area contributed by atoms with Crippen LogP contribution in [0.15, 0.2) is 24.3 Å². The van der Waals surface area contributed by atoms with E-state index in [0.717, 1.165) is 0 Å². The number of rotatable bonds is 4. The Morgan fingerprint density at radius 1 is 1.26 bits per heavy atom. The van der Waals surface area contributed by atoms with Crippen molar-refractivity contribution in [3.8, 4) is 0 Å². The molecule has 0 N–H and O–H groups in total. The number of carbonyl (C=O) groups excluding carboxylic acids is 1. The van der Waals surface area contributed by atoms with E-state index in [9.17, 15) is 9.18 Å². The van der Waals surface area contributed by atoms with E-state index in [4.69, 9.17) is 14.0 Å². The predicted octanol–water partition coefficient (Wildman–Crippen LogP) is 2.70. The summed E-state index contributed by atoms with van der Waals surface area (Å²) in [4.78, 5) is 11.5. The number of benzene rings is 1. The molecule has 1 heterocycles. The highest BCUT2D eigenvalue weighted by Crippen LogP contribution is 2.36. The fourth-order valence-electron chi connectivity index (χ4n) is 2.26. The molecule has 23 heavy (non-hydrogen) atoms. The molecule has 6 heteroatoms. The minimum absolute atomic E-state index is 0.284. The van der Waals surface area contributed by atoms with Gasteiger partial charge in [0.15, 0.2) is 0 Å². The molecule has 4 nitrogen and oxygen atoms in total. The van der Waals surface area contributed by atoms with Crippen LogP contribution in [0.4, 0.5) is 4.39 Å². The van der Waals surface area contributed by atoms with Crippen LogP contribution in [0.1, 0.15) is 40.2 Å². The number of esters is 1.